The normalized spacial score (nSPS) is 10.8. The molecule has 108 valence electrons. The zero-order valence-corrected chi connectivity index (χ0v) is 11.9. The topological polar surface area (TPSA) is 60.3 Å². The van der Waals surface area contributed by atoms with Crippen molar-refractivity contribution in [2.45, 2.75) is 13.2 Å². The fourth-order valence-corrected chi connectivity index (χ4v) is 2.38. The van der Waals surface area contributed by atoms with Crippen molar-refractivity contribution >= 4 is 10.9 Å². The number of nitrogens with two attached hydrogens (primary N) is 1. The van der Waals surface area contributed by atoms with E-state index in [0.29, 0.717) is 13.2 Å². The summed E-state index contributed by atoms with van der Waals surface area (Å²) in [4.78, 5) is 3.36. The lowest BCUT2D eigenvalue weighted by molar-refractivity contribution is 0.300. The van der Waals surface area contributed by atoms with Gasteiger partial charge in [0.25, 0.3) is 0 Å². The maximum atomic E-state index is 5.80. The van der Waals surface area contributed by atoms with Crippen molar-refractivity contribution in [1.82, 2.24) is 4.98 Å². The first kappa shape index (κ1) is 13.5. The van der Waals surface area contributed by atoms with Crippen LogP contribution in [0.4, 0.5) is 0 Å². The molecule has 0 fully saturated rings. The van der Waals surface area contributed by atoms with Crippen molar-refractivity contribution < 1.29 is 9.47 Å². The summed E-state index contributed by atoms with van der Waals surface area (Å²) >= 11 is 0. The molecule has 0 saturated carbocycles. The fourth-order valence-electron chi connectivity index (χ4n) is 2.38. The predicted molar refractivity (Wildman–Crippen MR) is 83.5 cm³/mol. The second-order valence-electron chi connectivity index (χ2n) is 4.84. The number of ether oxygens (including phenoxy) is 2. The molecule has 0 unspecified atom stereocenters. The van der Waals surface area contributed by atoms with E-state index in [1.165, 1.54) is 0 Å². The first-order chi connectivity index (χ1) is 10.3. The van der Waals surface area contributed by atoms with Crippen molar-refractivity contribution in [3.63, 3.8) is 0 Å². The highest BCUT2D eigenvalue weighted by molar-refractivity contribution is 5.83. The molecule has 3 rings (SSSR count). The number of methoxy groups -OCH3 is 1. The Hall–Kier alpha value is -2.46. The van der Waals surface area contributed by atoms with E-state index in [4.69, 9.17) is 15.2 Å². The van der Waals surface area contributed by atoms with Gasteiger partial charge in [0.15, 0.2) is 0 Å². The minimum Gasteiger partial charge on any atom is -0.497 e. The number of benzene rings is 2. The molecule has 1 heterocycles. The van der Waals surface area contributed by atoms with Gasteiger partial charge >= 0.3 is 0 Å². The quantitative estimate of drug-likeness (QED) is 0.755. The third-order valence-corrected chi connectivity index (χ3v) is 3.47. The molecule has 0 amide bonds. The van der Waals surface area contributed by atoms with Gasteiger partial charge in [0.1, 0.15) is 18.1 Å². The van der Waals surface area contributed by atoms with Gasteiger partial charge in [0.2, 0.25) is 0 Å². The summed E-state index contributed by atoms with van der Waals surface area (Å²) in [6, 6.07) is 15.8. The first-order valence-electron chi connectivity index (χ1n) is 6.86. The second-order valence-corrected chi connectivity index (χ2v) is 4.84. The SMILES string of the molecule is COc1cccc(OCc2cc3c(CN)cccc3[nH]2)c1. The lowest BCUT2D eigenvalue weighted by atomic mass is 10.1. The number of hydrogen-bond donors (Lipinski definition) is 2. The lowest BCUT2D eigenvalue weighted by Crippen LogP contribution is -1.96. The van der Waals surface area contributed by atoms with Crippen LogP contribution in [0, 0.1) is 0 Å². The maximum Gasteiger partial charge on any atom is 0.128 e. The highest BCUT2D eigenvalue weighted by Gasteiger charge is 2.05. The molecule has 0 aliphatic rings. The van der Waals surface area contributed by atoms with Crippen LogP contribution in [0.15, 0.2) is 48.5 Å². The highest BCUT2D eigenvalue weighted by atomic mass is 16.5. The number of hydrogen-bond acceptors (Lipinski definition) is 3. The smallest absolute Gasteiger partial charge is 0.128 e. The summed E-state index contributed by atoms with van der Waals surface area (Å²) in [5.41, 5.74) is 9.01. The van der Waals surface area contributed by atoms with Crippen LogP contribution in [-0.4, -0.2) is 12.1 Å². The lowest BCUT2D eigenvalue weighted by Gasteiger charge is -2.06. The number of H-pyrrole nitrogens is 1. The van der Waals surface area contributed by atoms with E-state index in [-0.39, 0.29) is 0 Å². The Morgan fingerprint density at radius 1 is 1.05 bits per heavy atom. The second kappa shape index (κ2) is 5.89. The minimum atomic E-state index is 0.478. The van der Waals surface area contributed by atoms with Crippen molar-refractivity contribution in [3.8, 4) is 11.5 Å². The molecule has 3 aromatic rings. The zero-order chi connectivity index (χ0) is 14.7. The summed E-state index contributed by atoms with van der Waals surface area (Å²) in [6.45, 7) is 1.01. The highest BCUT2D eigenvalue weighted by Crippen LogP contribution is 2.22. The van der Waals surface area contributed by atoms with Gasteiger partial charge in [0, 0.05) is 23.5 Å². The molecule has 0 bridgehead atoms. The van der Waals surface area contributed by atoms with Crippen LogP contribution in [0.3, 0.4) is 0 Å². The van der Waals surface area contributed by atoms with Crippen LogP contribution >= 0.6 is 0 Å². The van der Waals surface area contributed by atoms with Crippen LogP contribution in [0.1, 0.15) is 11.3 Å². The van der Waals surface area contributed by atoms with Crippen molar-refractivity contribution in [2.24, 2.45) is 5.73 Å². The van der Waals surface area contributed by atoms with Gasteiger partial charge in [-0.2, -0.15) is 0 Å². The van der Waals surface area contributed by atoms with Gasteiger partial charge in [-0.25, -0.2) is 0 Å². The number of fused-ring (bicyclic) bond motifs is 1. The van der Waals surface area contributed by atoms with E-state index in [0.717, 1.165) is 33.7 Å². The number of aromatic amines is 1. The number of rotatable bonds is 5. The Morgan fingerprint density at radius 3 is 2.67 bits per heavy atom. The zero-order valence-electron chi connectivity index (χ0n) is 11.9. The molecule has 4 nitrogen and oxygen atoms in total. The van der Waals surface area contributed by atoms with E-state index in [1.54, 1.807) is 7.11 Å². The van der Waals surface area contributed by atoms with E-state index in [9.17, 15) is 0 Å². The van der Waals surface area contributed by atoms with Crippen LogP contribution in [0.25, 0.3) is 10.9 Å². The molecule has 0 aliphatic heterocycles. The average Bonchev–Trinajstić information content (AvgIpc) is 2.96. The molecule has 0 spiro atoms. The molecular weight excluding hydrogens is 264 g/mol. The molecule has 0 radical (unpaired) electrons. The largest absolute Gasteiger partial charge is 0.497 e. The van der Waals surface area contributed by atoms with Crippen LogP contribution < -0.4 is 15.2 Å². The molecule has 0 saturated heterocycles. The van der Waals surface area contributed by atoms with E-state index in [2.05, 4.69) is 11.1 Å². The molecule has 0 aliphatic carbocycles. The van der Waals surface area contributed by atoms with Gasteiger partial charge < -0.3 is 20.2 Å². The maximum absolute atomic E-state index is 5.80. The summed E-state index contributed by atoms with van der Waals surface area (Å²) in [7, 11) is 1.64. The Morgan fingerprint density at radius 2 is 1.86 bits per heavy atom. The average molecular weight is 282 g/mol. The van der Waals surface area contributed by atoms with Gasteiger partial charge in [-0.3, -0.25) is 0 Å². The molecule has 0 atom stereocenters. The molecule has 1 aromatic heterocycles. The van der Waals surface area contributed by atoms with Crippen molar-refractivity contribution in [1.29, 1.82) is 0 Å². The van der Waals surface area contributed by atoms with Crippen molar-refractivity contribution in [3.05, 3.63) is 59.8 Å². The van der Waals surface area contributed by atoms with Crippen LogP contribution in [0.5, 0.6) is 11.5 Å². The Balaban J connectivity index is 1.78. The number of aromatic nitrogens is 1. The Kier molecular flexibility index (Phi) is 3.79. The third kappa shape index (κ3) is 2.85. The Labute approximate surface area is 123 Å². The fraction of sp³-hybridized carbons (Fsp3) is 0.176. The first-order valence-corrected chi connectivity index (χ1v) is 6.86. The van der Waals surface area contributed by atoms with Gasteiger partial charge in [-0.15, -0.1) is 0 Å². The van der Waals surface area contributed by atoms with Crippen LogP contribution in [0.2, 0.25) is 0 Å². The molecule has 21 heavy (non-hydrogen) atoms. The molecule has 2 aromatic carbocycles. The van der Waals surface area contributed by atoms with E-state index in [1.807, 2.05) is 42.5 Å². The van der Waals surface area contributed by atoms with Gasteiger partial charge in [0.05, 0.1) is 12.8 Å². The molecular formula is C17H18N2O2. The van der Waals surface area contributed by atoms with Crippen molar-refractivity contribution in [2.75, 3.05) is 7.11 Å². The summed E-state index contributed by atoms with van der Waals surface area (Å²) in [5, 5.41) is 1.16. The van der Waals surface area contributed by atoms with Gasteiger partial charge in [-0.05, 0) is 29.8 Å². The van der Waals surface area contributed by atoms with Crippen LogP contribution in [-0.2, 0) is 13.2 Å². The predicted octanol–water partition coefficient (Wildman–Crippen LogP) is 3.21. The minimum absolute atomic E-state index is 0.478. The monoisotopic (exact) mass is 282 g/mol. The summed E-state index contributed by atoms with van der Waals surface area (Å²) < 4.78 is 11.0. The summed E-state index contributed by atoms with van der Waals surface area (Å²) in [5.74, 6) is 1.57. The summed E-state index contributed by atoms with van der Waals surface area (Å²) in [6.07, 6.45) is 0. The molecule has 4 heteroatoms. The Bertz CT molecular complexity index is 749. The van der Waals surface area contributed by atoms with Gasteiger partial charge in [-0.1, -0.05) is 18.2 Å². The van der Waals surface area contributed by atoms with E-state index >= 15 is 0 Å². The van der Waals surface area contributed by atoms with E-state index < -0.39 is 0 Å². The standard InChI is InChI=1S/C17H18N2O2/c1-20-14-5-3-6-15(9-14)21-11-13-8-16-12(10-18)4-2-7-17(16)19-13/h2-9,19H,10-11,18H2,1H3. The molecule has 3 N–H and O–H groups in total. The third-order valence-electron chi connectivity index (χ3n) is 3.47. The number of nitrogens with one attached hydrogen (secondary N) is 1.